The van der Waals surface area contributed by atoms with E-state index in [4.69, 9.17) is 4.74 Å². The summed E-state index contributed by atoms with van der Waals surface area (Å²) in [6.45, 7) is 10.1. The third-order valence-corrected chi connectivity index (χ3v) is 4.34. The van der Waals surface area contributed by atoms with Gasteiger partial charge >= 0.3 is 0 Å². The molecule has 5 nitrogen and oxygen atoms in total. The van der Waals surface area contributed by atoms with Crippen molar-refractivity contribution in [3.8, 4) is 0 Å². The van der Waals surface area contributed by atoms with E-state index >= 15 is 0 Å². The highest BCUT2D eigenvalue weighted by molar-refractivity contribution is 5.94. The van der Waals surface area contributed by atoms with E-state index in [9.17, 15) is 4.79 Å². The zero-order valence-corrected chi connectivity index (χ0v) is 14.8. The quantitative estimate of drug-likeness (QED) is 0.871. The maximum absolute atomic E-state index is 12.7. The van der Waals surface area contributed by atoms with Crippen molar-refractivity contribution < 1.29 is 9.53 Å². The SMILES string of the molecule is Cc1cc(C)n(Cc2ccc(C(=O)N3C[C@H](C)O[C@@H](C)C3)cc2)n1. The largest absolute Gasteiger partial charge is 0.372 e. The van der Waals surface area contributed by atoms with Gasteiger partial charge in [-0.2, -0.15) is 5.10 Å². The molecule has 0 N–H and O–H groups in total. The Morgan fingerprint density at radius 2 is 1.79 bits per heavy atom. The molecule has 0 unspecified atom stereocenters. The third kappa shape index (κ3) is 3.67. The number of amides is 1. The van der Waals surface area contributed by atoms with Crippen LogP contribution in [0.25, 0.3) is 0 Å². The Bertz CT molecular complexity index is 711. The standard InChI is InChI=1S/C19H25N3O2/c1-13-9-14(2)22(20-13)12-17-5-7-18(8-6-17)19(23)21-10-15(3)24-16(4)11-21/h5-9,15-16H,10-12H2,1-4H3/t15-,16-/m0/s1. The van der Waals surface area contributed by atoms with E-state index in [1.165, 1.54) is 0 Å². The molecular formula is C19H25N3O2. The topological polar surface area (TPSA) is 47.4 Å². The molecule has 0 saturated carbocycles. The molecular weight excluding hydrogens is 302 g/mol. The lowest BCUT2D eigenvalue weighted by molar-refractivity contribution is -0.0586. The van der Waals surface area contributed by atoms with Gasteiger partial charge in [0.25, 0.3) is 5.91 Å². The fourth-order valence-corrected chi connectivity index (χ4v) is 3.29. The number of morpholine rings is 1. The second-order valence-electron chi connectivity index (χ2n) is 6.75. The van der Waals surface area contributed by atoms with E-state index in [0.29, 0.717) is 13.1 Å². The van der Waals surface area contributed by atoms with Crippen LogP contribution < -0.4 is 0 Å². The van der Waals surface area contributed by atoms with E-state index in [1.54, 1.807) is 0 Å². The number of carbonyl (C=O) groups excluding carboxylic acids is 1. The molecule has 0 spiro atoms. The van der Waals surface area contributed by atoms with Crippen LogP contribution in [0.15, 0.2) is 30.3 Å². The van der Waals surface area contributed by atoms with E-state index in [1.807, 2.05) is 54.6 Å². The Hall–Kier alpha value is -2.14. The predicted octanol–water partition coefficient (Wildman–Crippen LogP) is 2.80. The molecule has 2 heterocycles. The fraction of sp³-hybridized carbons (Fsp3) is 0.474. The van der Waals surface area contributed by atoms with Crippen LogP contribution >= 0.6 is 0 Å². The molecule has 2 atom stereocenters. The molecule has 2 aromatic rings. The lowest BCUT2D eigenvalue weighted by Gasteiger charge is -2.35. The lowest BCUT2D eigenvalue weighted by atomic mass is 10.1. The maximum atomic E-state index is 12.7. The number of rotatable bonds is 3. The molecule has 1 aliphatic rings. The Kier molecular flexibility index (Phi) is 4.71. The van der Waals surface area contributed by atoms with Gasteiger partial charge in [0.05, 0.1) is 24.4 Å². The van der Waals surface area contributed by atoms with Crippen molar-refractivity contribution in [2.75, 3.05) is 13.1 Å². The van der Waals surface area contributed by atoms with Crippen LogP contribution in [0.2, 0.25) is 0 Å². The Balaban J connectivity index is 1.70. The average molecular weight is 327 g/mol. The van der Waals surface area contributed by atoms with Gasteiger partial charge in [-0.3, -0.25) is 9.48 Å². The first-order valence-corrected chi connectivity index (χ1v) is 8.47. The van der Waals surface area contributed by atoms with Crippen LogP contribution in [-0.4, -0.2) is 45.9 Å². The summed E-state index contributed by atoms with van der Waals surface area (Å²) >= 11 is 0. The summed E-state index contributed by atoms with van der Waals surface area (Å²) < 4.78 is 7.68. The van der Waals surface area contributed by atoms with E-state index in [0.717, 1.165) is 29.1 Å². The summed E-state index contributed by atoms with van der Waals surface area (Å²) in [6.07, 6.45) is 0.172. The lowest BCUT2D eigenvalue weighted by Crippen LogP contribution is -2.48. The minimum absolute atomic E-state index is 0.0784. The smallest absolute Gasteiger partial charge is 0.254 e. The van der Waals surface area contributed by atoms with Crippen molar-refractivity contribution in [1.29, 1.82) is 0 Å². The molecule has 0 radical (unpaired) electrons. The summed E-state index contributed by atoms with van der Waals surface area (Å²) in [7, 11) is 0. The summed E-state index contributed by atoms with van der Waals surface area (Å²) in [5.41, 5.74) is 4.04. The van der Waals surface area contributed by atoms with Crippen molar-refractivity contribution in [3.63, 3.8) is 0 Å². The molecule has 3 rings (SSSR count). The van der Waals surface area contributed by atoms with E-state index < -0.39 is 0 Å². The zero-order valence-electron chi connectivity index (χ0n) is 14.8. The molecule has 128 valence electrons. The van der Waals surface area contributed by atoms with Crippen molar-refractivity contribution in [2.45, 2.75) is 46.4 Å². The first kappa shape index (κ1) is 16.7. The molecule has 1 aromatic heterocycles. The van der Waals surface area contributed by atoms with Gasteiger partial charge in [-0.15, -0.1) is 0 Å². The minimum atomic E-state index is 0.0784. The molecule has 1 fully saturated rings. The highest BCUT2D eigenvalue weighted by Gasteiger charge is 2.26. The van der Waals surface area contributed by atoms with Gasteiger partial charge in [-0.25, -0.2) is 0 Å². The number of ether oxygens (including phenoxy) is 1. The third-order valence-electron chi connectivity index (χ3n) is 4.34. The first-order valence-electron chi connectivity index (χ1n) is 8.47. The van der Waals surface area contributed by atoms with Crippen LogP contribution in [0.4, 0.5) is 0 Å². The second kappa shape index (κ2) is 6.77. The minimum Gasteiger partial charge on any atom is -0.372 e. The molecule has 1 saturated heterocycles. The number of carbonyl (C=O) groups is 1. The van der Waals surface area contributed by atoms with Crippen LogP contribution in [0.3, 0.4) is 0 Å². The van der Waals surface area contributed by atoms with Crippen molar-refractivity contribution in [2.24, 2.45) is 0 Å². The average Bonchev–Trinajstić information content (AvgIpc) is 2.84. The molecule has 0 bridgehead atoms. The summed E-state index contributed by atoms with van der Waals surface area (Å²) in [6, 6.07) is 9.91. The van der Waals surface area contributed by atoms with Gasteiger partial charge in [-0.05, 0) is 51.5 Å². The van der Waals surface area contributed by atoms with Gasteiger partial charge in [0.1, 0.15) is 0 Å². The van der Waals surface area contributed by atoms with Gasteiger partial charge in [-0.1, -0.05) is 12.1 Å². The number of hydrogen-bond acceptors (Lipinski definition) is 3. The van der Waals surface area contributed by atoms with Gasteiger partial charge in [0, 0.05) is 24.3 Å². The van der Waals surface area contributed by atoms with E-state index in [2.05, 4.69) is 18.1 Å². The normalized spacial score (nSPS) is 21.1. The van der Waals surface area contributed by atoms with Crippen LogP contribution in [0.5, 0.6) is 0 Å². The fourth-order valence-electron chi connectivity index (χ4n) is 3.29. The highest BCUT2D eigenvalue weighted by atomic mass is 16.5. The predicted molar refractivity (Wildman–Crippen MR) is 93.2 cm³/mol. The van der Waals surface area contributed by atoms with Crippen LogP contribution in [0.1, 0.15) is 41.2 Å². The molecule has 1 aliphatic heterocycles. The summed E-state index contributed by atoms with van der Waals surface area (Å²) in [4.78, 5) is 14.6. The molecule has 1 amide bonds. The Morgan fingerprint density at radius 1 is 1.17 bits per heavy atom. The molecule has 5 heteroatoms. The van der Waals surface area contributed by atoms with Crippen LogP contribution in [0, 0.1) is 13.8 Å². The van der Waals surface area contributed by atoms with Crippen molar-refractivity contribution >= 4 is 5.91 Å². The van der Waals surface area contributed by atoms with Gasteiger partial charge in [0.2, 0.25) is 0 Å². The van der Waals surface area contributed by atoms with Crippen LogP contribution in [-0.2, 0) is 11.3 Å². The number of aryl methyl sites for hydroxylation is 2. The van der Waals surface area contributed by atoms with Gasteiger partial charge < -0.3 is 9.64 Å². The molecule has 24 heavy (non-hydrogen) atoms. The molecule has 0 aliphatic carbocycles. The number of nitrogens with zero attached hydrogens (tertiary/aromatic N) is 3. The zero-order chi connectivity index (χ0) is 17.3. The maximum Gasteiger partial charge on any atom is 0.254 e. The number of hydrogen-bond donors (Lipinski definition) is 0. The van der Waals surface area contributed by atoms with Gasteiger partial charge in [0.15, 0.2) is 0 Å². The Morgan fingerprint density at radius 3 is 2.33 bits per heavy atom. The summed E-state index contributed by atoms with van der Waals surface area (Å²) in [5, 5.41) is 4.48. The first-order chi connectivity index (χ1) is 11.4. The van der Waals surface area contributed by atoms with E-state index in [-0.39, 0.29) is 18.1 Å². The number of benzene rings is 1. The van der Waals surface area contributed by atoms with Crippen molar-refractivity contribution in [1.82, 2.24) is 14.7 Å². The molecule has 1 aromatic carbocycles. The number of aromatic nitrogens is 2. The monoisotopic (exact) mass is 327 g/mol. The van der Waals surface area contributed by atoms with Crippen molar-refractivity contribution in [3.05, 3.63) is 52.8 Å². The highest BCUT2D eigenvalue weighted by Crippen LogP contribution is 2.15. The summed E-state index contributed by atoms with van der Waals surface area (Å²) in [5.74, 6) is 0.0784. The second-order valence-corrected chi connectivity index (χ2v) is 6.75. The Labute approximate surface area is 143 Å².